The van der Waals surface area contributed by atoms with Crippen LogP contribution < -0.4 is 0 Å². The van der Waals surface area contributed by atoms with Crippen molar-refractivity contribution in [1.82, 2.24) is 14.8 Å². The third-order valence-electron chi connectivity index (χ3n) is 4.08. The van der Waals surface area contributed by atoms with Crippen LogP contribution in [0.3, 0.4) is 0 Å². The molecule has 2 N–H and O–H groups in total. The van der Waals surface area contributed by atoms with Gasteiger partial charge in [-0.05, 0) is 12.1 Å². The highest BCUT2D eigenvalue weighted by Crippen LogP contribution is 2.33. The molecule has 1 aromatic carbocycles. The molecule has 2 aromatic rings. The Balaban J connectivity index is 1.97. The molecule has 1 fully saturated rings. The molecular weight excluding hydrogens is 306 g/mol. The number of H-pyrrole nitrogens is 1. The van der Waals surface area contributed by atoms with E-state index in [9.17, 15) is 14.7 Å². The van der Waals surface area contributed by atoms with Crippen LogP contribution >= 0.6 is 11.6 Å². The van der Waals surface area contributed by atoms with Gasteiger partial charge in [0.2, 0.25) is 6.41 Å². The van der Waals surface area contributed by atoms with Crippen molar-refractivity contribution >= 4 is 34.9 Å². The number of carbonyl (C=O) groups excluding carboxylic acids is 1. The maximum Gasteiger partial charge on any atom is 0.325 e. The summed E-state index contributed by atoms with van der Waals surface area (Å²) in [6.07, 6.45) is 2.51. The molecule has 3 rings (SSSR count). The minimum absolute atomic E-state index is 0.521. The normalized spacial score (nSPS) is 17.6. The molecular formula is C15H16ClN3O3. The van der Waals surface area contributed by atoms with Crippen LogP contribution in [0.15, 0.2) is 24.4 Å². The lowest BCUT2D eigenvalue weighted by Crippen LogP contribution is -2.48. The van der Waals surface area contributed by atoms with Gasteiger partial charge in [-0.3, -0.25) is 14.5 Å². The molecule has 0 spiro atoms. The number of aliphatic carboxylic acids is 1. The summed E-state index contributed by atoms with van der Waals surface area (Å²) in [6.45, 7) is 2.10. The van der Waals surface area contributed by atoms with E-state index >= 15 is 0 Å². The number of hydrogen-bond donors (Lipinski definition) is 2. The molecule has 1 saturated heterocycles. The van der Waals surface area contributed by atoms with Gasteiger partial charge < -0.3 is 15.0 Å². The van der Waals surface area contributed by atoms with Crippen molar-refractivity contribution in [2.75, 3.05) is 26.2 Å². The van der Waals surface area contributed by atoms with Crippen molar-refractivity contribution in [2.24, 2.45) is 0 Å². The van der Waals surface area contributed by atoms with Gasteiger partial charge in [-0.15, -0.1) is 0 Å². The second kappa shape index (κ2) is 5.98. The molecule has 6 nitrogen and oxygen atoms in total. The van der Waals surface area contributed by atoms with E-state index in [1.54, 1.807) is 17.2 Å². The Morgan fingerprint density at radius 3 is 2.68 bits per heavy atom. The SMILES string of the molecule is O=CN1CCN([C@@H](C(=O)O)c2c[nH]c3cccc(Cl)c23)CC1. The fourth-order valence-corrected chi connectivity index (χ4v) is 3.25. The number of nitrogens with zero attached hydrogens (tertiary/aromatic N) is 2. The number of aromatic nitrogens is 1. The number of hydrogen-bond acceptors (Lipinski definition) is 3. The number of piperazine rings is 1. The fourth-order valence-electron chi connectivity index (χ4n) is 2.97. The Labute approximate surface area is 132 Å². The Morgan fingerprint density at radius 2 is 2.05 bits per heavy atom. The van der Waals surface area contributed by atoms with Gasteiger partial charge in [0.15, 0.2) is 0 Å². The predicted molar refractivity (Wildman–Crippen MR) is 82.9 cm³/mol. The van der Waals surface area contributed by atoms with E-state index in [0.717, 1.165) is 17.3 Å². The molecule has 1 atom stereocenters. The zero-order chi connectivity index (χ0) is 15.7. The number of nitrogens with one attached hydrogen (secondary N) is 1. The molecule has 0 saturated carbocycles. The maximum atomic E-state index is 11.8. The monoisotopic (exact) mass is 321 g/mol. The average molecular weight is 322 g/mol. The van der Waals surface area contributed by atoms with E-state index in [4.69, 9.17) is 11.6 Å². The summed E-state index contributed by atoms with van der Waals surface area (Å²) in [5.74, 6) is -0.916. The molecule has 7 heteroatoms. The van der Waals surface area contributed by atoms with Gasteiger partial charge in [-0.1, -0.05) is 17.7 Å². The molecule has 0 bridgehead atoms. The van der Waals surface area contributed by atoms with Crippen LogP contribution in [0.5, 0.6) is 0 Å². The summed E-state index contributed by atoms with van der Waals surface area (Å²) in [5, 5.41) is 11.0. The van der Waals surface area contributed by atoms with Gasteiger partial charge in [-0.2, -0.15) is 0 Å². The fraction of sp³-hybridized carbons (Fsp3) is 0.333. The molecule has 1 amide bonds. The van der Waals surface area contributed by atoms with Crippen molar-refractivity contribution in [2.45, 2.75) is 6.04 Å². The van der Waals surface area contributed by atoms with Crippen LogP contribution in [0.2, 0.25) is 5.02 Å². The molecule has 1 aromatic heterocycles. The largest absolute Gasteiger partial charge is 0.480 e. The quantitative estimate of drug-likeness (QED) is 0.841. The van der Waals surface area contributed by atoms with Crippen molar-refractivity contribution in [3.05, 3.63) is 35.0 Å². The number of amides is 1. The highest BCUT2D eigenvalue weighted by molar-refractivity contribution is 6.35. The minimum atomic E-state index is -0.916. The predicted octanol–water partition coefficient (Wildman–Crippen LogP) is 1.72. The van der Waals surface area contributed by atoms with Crippen molar-refractivity contribution in [3.63, 3.8) is 0 Å². The molecule has 0 radical (unpaired) electrons. The van der Waals surface area contributed by atoms with Crippen LogP contribution in [0.4, 0.5) is 0 Å². The van der Waals surface area contributed by atoms with Gasteiger partial charge in [0.05, 0.1) is 5.02 Å². The number of fused-ring (bicyclic) bond motifs is 1. The summed E-state index contributed by atoms with van der Waals surface area (Å²) in [6, 6.07) is 4.67. The highest BCUT2D eigenvalue weighted by atomic mass is 35.5. The molecule has 0 aliphatic carbocycles. The van der Waals surface area contributed by atoms with E-state index in [-0.39, 0.29) is 0 Å². The first-order valence-electron chi connectivity index (χ1n) is 7.03. The number of rotatable bonds is 4. The second-order valence-electron chi connectivity index (χ2n) is 5.32. The van der Waals surface area contributed by atoms with E-state index in [0.29, 0.717) is 36.8 Å². The molecule has 2 heterocycles. The Morgan fingerprint density at radius 1 is 1.32 bits per heavy atom. The number of carboxylic acids is 1. The number of carbonyl (C=O) groups is 2. The van der Waals surface area contributed by atoms with Crippen molar-refractivity contribution in [3.8, 4) is 0 Å². The lowest BCUT2D eigenvalue weighted by molar-refractivity contribution is -0.144. The summed E-state index contributed by atoms with van der Waals surface area (Å²) in [7, 11) is 0. The number of benzene rings is 1. The first-order valence-corrected chi connectivity index (χ1v) is 7.41. The molecule has 0 unspecified atom stereocenters. The van der Waals surface area contributed by atoms with E-state index < -0.39 is 12.0 Å². The van der Waals surface area contributed by atoms with Crippen molar-refractivity contribution < 1.29 is 14.7 Å². The number of carboxylic acid groups (broad SMARTS) is 1. The molecule has 22 heavy (non-hydrogen) atoms. The summed E-state index contributed by atoms with van der Waals surface area (Å²) in [5.41, 5.74) is 1.48. The molecule has 1 aliphatic rings. The Kier molecular flexibility index (Phi) is 4.04. The summed E-state index contributed by atoms with van der Waals surface area (Å²) in [4.78, 5) is 29.2. The third-order valence-corrected chi connectivity index (χ3v) is 4.39. The van der Waals surface area contributed by atoms with Gasteiger partial charge >= 0.3 is 5.97 Å². The molecule has 116 valence electrons. The highest BCUT2D eigenvalue weighted by Gasteiger charge is 2.32. The maximum absolute atomic E-state index is 11.8. The zero-order valence-corrected chi connectivity index (χ0v) is 12.6. The Hall–Kier alpha value is -2.05. The minimum Gasteiger partial charge on any atom is -0.480 e. The topological polar surface area (TPSA) is 76.6 Å². The number of halogens is 1. The standard InChI is InChI=1S/C15H16ClN3O3/c16-11-2-1-3-12-13(11)10(8-17-12)14(15(21)22)19-6-4-18(9-20)5-7-19/h1-3,8-9,14,17H,4-7H2,(H,21,22)/t14-/m1/s1. The summed E-state index contributed by atoms with van der Waals surface area (Å²) < 4.78 is 0. The second-order valence-corrected chi connectivity index (χ2v) is 5.73. The zero-order valence-electron chi connectivity index (χ0n) is 11.8. The lowest BCUT2D eigenvalue weighted by Gasteiger charge is -2.36. The van der Waals surface area contributed by atoms with Gasteiger partial charge in [0.1, 0.15) is 6.04 Å². The van der Waals surface area contributed by atoms with Crippen molar-refractivity contribution in [1.29, 1.82) is 0 Å². The van der Waals surface area contributed by atoms with Crippen LogP contribution in [-0.2, 0) is 9.59 Å². The smallest absolute Gasteiger partial charge is 0.325 e. The average Bonchev–Trinajstić information content (AvgIpc) is 2.93. The summed E-state index contributed by atoms with van der Waals surface area (Å²) >= 11 is 6.25. The van der Waals surface area contributed by atoms with Gasteiger partial charge in [0.25, 0.3) is 0 Å². The molecule has 1 aliphatic heterocycles. The first-order chi connectivity index (χ1) is 10.6. The van der Waals surface area contributed by atoms with Crippen LogP contribution in [-0.4, -0.2) is 58.4 Å². The van der Waals surface area contributed by atoms with E-state index in [2.05, 4.69) is 4.98 Å². The van der Waals surface area contributed by atoms with Gasteiger partial charge in [-0.25, -0.2) is 0 Å². The first kappa shape index (κ1) is 14.9. The van der Waals surface area contributed by atoms with Gasteiger partial charge in [0, 0.05) is 48.8 Å². The third kappa shape index (κ3) is 2.55. The van der Waals surface area contributed by atoms with Crippen LogP contribution in [0.1, 0.15) is 11.6 Å². The lowest BCUT2D eigenvalue weighted by atomic mass is 10.0. The Bertz CT molecular complexity index is 707. The van der Waals surface area contributed by atoms with Crippen LogP contribution in [0, 0.1) is 0 Å². The van der Waals surface area contributed by atoms with E-state index in [1.165, 1.54) is 0 Å². The van der Waals surface area contributed by atoms with Crippen LogP contribution in [0.25, 0.3) is 10.9 Å². The van der Waals surface area contributed by atoms with E-state index in [1.807, 2.05) is 17.0 Å². The number of aromatic amines is 1.